The molecule has 0 radical (unpaired) electrons. The molecule has 0 bridgehead atoms. The number of rotatable bonds is 3. The molecule has 0 aromatic heterocycles. The third-order valence-corrected chi connectivity index (χ3v) is 3.45. The molecule has 4 nitrogen and oxygen atoms in total. The Morgan fingerprint density at radius 2 is 1.95 bits per heavy atom. The number of aliphatic hydroxyl groups is 1. The summed E-state index contributed by atoms with van der Waals surface area (Å²) in [6, 6.07) is 11.0. The maximum atomic E-state index is 13.9. The van der Waals surface area contributed by atoms with Crippen molar-refractivity contribution in [2.75, 3.05) is 0 Å². The van der Waals surface area contributed by atoms with Gasteiger partial charge in [-0.3, -0.25) is 4.79 Å². The zero-order valence-electron chi connectivity index (χ0n) is 11.5. The Hall–Kier alpha value is -2.66. The molecule has 0 spiro atoms. The highest BCUT2D eigenvalue weighted by Crippen LogP contribution is 2.39. The molecule has 112 valence electrons. The molecule has 2 aromatic carbocycles. The smallest absolute Gasteiger partial charge is 0.307 e. The van der Waals surface area contributed by atoms with Crippen molar-refractivity contribution < 1.29 is 24.1 Å². The maximum absolute atomic E-state index is 13.9. The summed E-state index contributed by atoms with van der Waals surface area (Å²) in [5, 5.41) is 19.2. The maximum Gasteiger partial charge on any atom is 0.307 e. The predicted molar refractivity (Wildman–Crippen MR) is 77.7 cm³/mol. The normalized spacial score (nSPS) is 16.5. The van der Waals surface area contributed by atoms with Crippen molar-refractivity contribution in [3.05, 3.63) is 71.0 Å². The first kappa shape index (κ1) is 14.3. The summed E-state index contributed by atoms with van der Waals surface area (Å²) in [5.41, 5.74) is 1.13. The topological polar surface area (TPSA) is 66.8 Å². The van der Waals surface area contributed by atoms with Gasteiger partial charge in [0.1, 0.15) is 23.4 Å². The molecular weight excluding hydrogens is 287 g/mol. The van der Waals surface area contributed by atoms with Gasteiger partial charge < -0.3 is 14.9 Å². The number of para-hydroxylation sites is 1. The van der Waals surface area contributed by atoms with E-state index in [2.05, 4.69) is 0 Å². The van der Waals surface area contributed by atoms with Gasteiger partial charge in [0.15, 0.2) is 0 Å². The Balaban J connectivity index is 2.05. The summed E-state index contributed by atoms with van der Waals surface area (Å²) in [6.45, 7) is 0. The minimum atomic E-state index is -1.01. The lowest BCUT2D eigenvalue weighted by Gasteiger charge is -2.24. The molecule has 5 heteroatoms. The van der Waals surface area contributed by atoms with Crippen LogP contribution in [0.4, 0.5) is 4.39 Å². The Bertz CT molecular complexity index is 767. The Morgan fingerprint density at radius 1 is 1.18 bits per heavy atom. The van der Waals surface area contributed by atoms with Crippen molar-refractivity contribution in [1.82, 2.24) is 0 Å². The lowest BCUT2D eigenvalue weighted by atomic mass is 9.98. The second-order valence-electron chi connectivity index (χ2n) is 4.96. The van der Waals surface area contributed by atoms with E-state index >= 15 is 0 Å². The Morgan fingerprint density at radius 3 is 2.68 bits per heavy atom. The van der Waals surface area contributed by atoms with Crippen LogP contribution in [-0.2, 0) is 11.2 Å². The molecule has 1 aliphatic rings. The van der Waals surface area contributed by atoms with Crippen molar-refractivity contribution in [3.63, 3.8) is 0 Å². The van der Waals surface area contributed by atoms with Crippen molar-refractivity contribution >= 4 is 11.7 Å². The number of carboxylic acids is 1. The fourth-order valence-electron chi connectivity index (χ4n) is 2.45. The van der Waals surface area contributed by atoms with Gasteiger partial charge in [0.05, 0.1) is 12.0 Å². The van der Waals surface area contributed by atoms with E-state index in [1.165, 1.54) is 12.1 Å². The van der Waals surface area contributed by atoms with Crippen LogP contribution in [0.2, 0.25) is 0 Å². The van der Waals surface area contributed by atoms with E-state index in [9.17, 15) is 14.3 Å². The second kappa shape index (κ2) is 5.61. The molecule has 0 amide bonds. The van der Waals surface area contributed by atoms with Gasteiger partial charge in [-0.05, 0) is 18.2 Å². The third-order valence-electron chi connectivity index (χ3n) is 3.45. The highest BCUT2D eigenvalue weighted by atomic mass is 19.1. The molecular formula is C17H13FO4. The SMILES string of the molecule is O=C(O)Cc1cccc2c1OC(c1ccccc1F)=CC2O. The number of halogens is 1. The summed E-state index contributed by atoms with van der Waals surface area (Å²) < 4.78 is 19.6. The van der Waals surface area contributed by atoms with Gasteiger partial charge in [-0.25, -0.2) is 4.39 Å². The number of carboxylic acid groups (broad SMARTS) is 1. The number of aliphatic hydroxyl groups excluding tert-OH is 1. The van der Waals surface area contributed by atoms with Crippen LogP contribution in [0, 0.1) is 5.82 Å². The van der Waals surface area contributed by atoms with Gasteiger partial charge in [-0.1, -0.05) is 30.3 Å². The van der Waals surface area contributed by atoms with Gasteiger partial charge in [0.2, 0.25) is 0 Å². The van der Waals surface area contributed by atoms with Crippen molar-refractivity contribution in [1.29, 1.82) is 0 Å². The third kappa shape index (κ3) is 2.58. The number of carbonyl (C=O) groups is 1. The molecule has 0 aliphatic carbocycles. The summed E-state index contributed by atoms with van der Waals surface area (Å²) in [7, 11) is 0. The van der Waals surface area contributed by atoms with E-state index in [4.69, 9.17) is 9.84 Å². The number of aliphatic carboxylic acids is 1. The van der Waals surface area contributed by atoms with Crippen LogP contribution >= 0.6 is 0 Å². The summed E-state index contributed by atoms with van der Waals surface area (Å²) in [4.78, 5) is 10.9. The summed E-state index contributed by atoms with van der Waals surface area (Å²) in [6.07, 6.45) is 0.193. The number of hydrogen-bond acceptors (Lipinski definition) is 3. The van der Waals surface area contributed by atoms with Crippen LogP contribution in [-0.4, -0.2) is 16.2 Å². The number of fused-ring (bicyclic) bond motifs is 1. The van der Waals surface area contributed by atoms with Crippen molar-refractivity contribution in [2.45, 2.75) is 12.5 Å². The molecule has 0 saturated heterocycles. The fourth-order valence-corrected chi connectivity index (χ4v) is 2.45. The van der Waals surface area contributed by atoms with Gasteiger partial charge in [-0.2, -0.15) is 0 Å². The van der Waals surface area contributed by atoms with Crippen molar-refractivity contribution in [2.24, 2.45) is 0 Å². The number of hydrogen-bond donors (Lipinski definition) is 2. The van der Waals surface area contributed by atoms with Gasteiger partial charge in [-0.15, -0.1) is 0 Å². The second-order valence-corrected chi connectivity index (χ2v) is 4.96. The summed E-state index contributed by atoms with van der Waals surface area (Å²) >= 11 is 0. The monoisotopic (exact) mass is 300 g/mol. The first-order chi connectivity index (χ1) is 10.6. The van der Waals surface area contributed by atoms with Gasteiger partial charge in [0, 0.05) is 11.1 Å². The lowest BCUT2D eigenvalue weighted by Crippen LogP contribution is -2.13. The van der Waals surface area contributed by atoms with E-state index < -0.39 is 17.9 Å². The van der Waals surface area contributed by atoms with Crippen LogP contribution in [0.25, 0.3) is 5.76 Å². The highest BCUT2D eigenvalue weighted by molar-refractivity contribution is 5.74. The van der Waals surface area contributed by atoms with Gasteiger partial charge in [0.25, 0.3) is 0 Å². The van der Waals surface area contributed by atoms with Crippen LogP contribution in [0.3, 0.4) is 0 Å². The van der Waals surface area contributed by atoms with Crippen molar-refractivity contribution in [3.8, 4) is 5.75 Å². The van der Waals surface area contributed by atoms with E-state index in [-0.39, 0.29) is 23.5 Å². The van der Waals surface area contributed by atoms with Crippen LogP contribution in [0.15, 0.2) is 48.5 Å². The number of benzene rings is 2. The zero-order valence-corrected chi connectivity index (χ0v) is 11.5. The Kier molecular flexibility index (Phi) is 3.65. The molecule has 2 aromatic rings. The average Bonchev–Trinajstić information content (AvgIpc) is 2.48. The zero-order chi connectivity index (χ0) is 15.7. The number of ether oxygens (including phenoxy) is 1. The predicted octanol–water partition coefficient (Wildman–Crippen LogP) is 2.92. The standard InChI is InChI=1S/C17H13FO4/c18-13-7-2-1-5-11(13)15-9-14(19)12-6-3-4-10(8-16(20)21)17(12)22-15/h1-7,9,14,19H,8H2,(H,20,21). The van der Waals surface area contributed by atoms with Crippen LogP contribution in [0.5, 0.6) is 5.75 Å². The van der Waals surface area contributed by atoms with E-state index in [0.717, 1.165) is 0 Å². The fraction of sp³-hybridized carbons (Fsp3) is 0.118. The van der Waals surface area contributed by atoms with Crippen LogP contribution < -0.4 is 4.74 Å². The molecule has 1 unspecified atom stereocenters. The summed E-state index contributed by atoms with van der Waals surface area (Å²) in [5.74, 6) is -1.03. The first-order valence-corrected chi connectivity index (χ1v) is 6.72. The largest absolute Gasteiger partial charge is 0.481 e. The van der Waals surface area contributed by atoms with Crippen LogP contribution in [0.1, 0.15) is 22.8 Å². The van der Waals surface area contributed by atoms with E-state index in [1.54, 1.807) is 36.4 Å². The molecule has 1 aliphatic heterocycles. The minimum absolute atomic E-state index is 0.177. The molecule has 22 heavy (non-hydrogen) atoms. The molecule has 3 rings (SSSR count). The van der Waals surface area contributed by atoms with Gasteiger partial charge >= 0.3 is 5.97 Å². The highest BCUT2D eigenvalue weighted by Gasteiger charge is 2.25. The molecule has 1 heterocycles. The quantitative estimate of drug-likeness (QED) is 0.914. The first-order valence-electron chi connectivity index (χ1n) is 6.72. The molecule has 1 atom stereocenters. The molecule has 0 fully saturated rings. The van der Waals surface area contributed by atoms with E-state index in [0.29, 0.717) is 11.1 Å². The average molecular weight is 300 g/mol. The molecule has 0 saturated carbocycles. The Labute approximate surface area is 126 Å². The lowest BCUT2D eigenvalue weighted by molar-refractivity contribution is -0.136. The molecule has 2 N–H and O–H groups in total. The minimum Gasteiger partial charge on any atom is -0.481 e. The van der Waals surface area contributed by atoms with E-state index in [1.807, 2.05) is 0 Å².